The van der Waals surface area contributed by atoms with Gasteiger partial charge in [-0.2, -0.15) is 0 Å². The minimum atomic E-state index is -0.812. The summed E-state index contributed by atoms with van der Waals surface area (Å²) in [6.45, 7) is 6.81. The largest absolute Gasteiger partial charge is 0.480 e. The van der Waals surface area contributed by atoms with Gasteiger partial charge in [0.25, 0.3) is 0 Å². The van der Waals surface area contributed by atoms with Gasteiger partial charge in [-0.05, 0) is 0 Å². The Labute approximate surface area is 94.6 Å². The second kappa shape index (κ2) is 3.50. The highest BCUT2D eigenvalue weighted by Crippen LogP contribution is 2.24. The van der Waals surface area contributed by atoms with Crippen molar-refractivity contribution in [2.24, 2.45) is 10.4 Å². The number of carboxylic acid groups (broad SMARTS) is 1. The highest BCUT2D eigenvalue weighted by atomic mass is 16.4. The van der Waals surface area contributed by atoms with E-state index < -0.39 is 12.0 Å². The molecular formula is C11H17N3O2. The molecule has 0 amide bonds. The quantitative estimate of drug-likeness (QED) is 0.611. The molecule has 0 aromatic carbocycles. The van der Waals surface area contributed by atoms with Crippen LogP contribution in [0, 0.1) is 5.41 Å². The maximum atomic E-state index is 10.9. The van der Waals surface area contributed by atoms with Crippen molar-refractivity contribution >= 4 is 11.8 Å². The van der Waals surface area contributed by atoms with Gasteiger partial charge in [0, 0.05) is 17.5 Å². The second-order valence-electron chi connectivity index (χ2n) is 5.24. The fourth-order valence-electron chi connectivity index (χ4n) is 1.86. The van der Waals surface area contributed by atoms with Crippen molar-refractivity contribution in [1.82, 2.24) is 10.6 Å². The molecule has 0 radical (unpaired) electrons. The summed E-state index contributed by atoms with van der Waals surface area (Å²) in [5, 5.41) is 15.2. The zero-order valence-corrected chi connectivity index (χ0v) is 9.79. The van der Waals surface area contributed by atoms with Crippen molar-refractivity contribution in [3.8, 4) is 0 Å². The minimum Gasteiger partial charge on any atom is -0.480 e. The Bertz CT molecular complexity index is 391. The molecule has 5 heteroatoms. The summed E-state index contributed by atoms with van der Waals surface area (Å²) in [4.78, 5) is 15.3. The van der Waals surface area contributed by atoms with Crippen molar-refractivity contribution in [2.45, 2.75) is 33.2 Å². The lowest BCUT2D eigenvalue weighted by Gasteiger charge is -2.26. The van der Waals surface area contributed by atoms with Crippen LogP contribution in [0.3, 0.4) is 0 Å². The molecule has 0 saturated carbocycles. The van der Waals surface area contributed by atoms with Gasteiger partial charge in [-0.1, -0.05) is 20.8 Å². The summed E-state index contributed by atoms with van der Waals surface area (Å²) in [6.07, 6.45) is 0.514. The van der Waals surface area contributed by atoms with E-state index in [2.05, 4.69) is 36.4 Å². The van der Waals surface area contributed by atoms with Crippen molar-refractivity contribution in [3.05, 3.63) is 11.4 Å². The predicted octanol–water partition coefficient (Wildman–Crippen LogP) is 0.692. The van der Waals surface area contributed by atoms with E-state index in [1.54, 1.807) is 0 Å². The highest BCUT2D eigenvalue weighted by molar-refractivity contribution is 5.90. The smallest absolute Gasteiger partial charge is 0.326 e. The summed E-state index contributed by atoms with van der Waals surface area (Å²) < 4.78 is 0. The van der Waals surface area contributed by atoms with E-state index in [1.807, 2.05) is 0 Å². The first-order valence-electron chi connectivity index (χ1n) is 5.41. The Balaban J connectivity index is 2.08. The lowest BCUT2D eigenvalue weighted by Crippen LogP contribution is -2.37. The molecule has 0 spiro atoms. The lowest BCUT2D eigenvalue weighted by molar-refractivity contribution is -0.138. The first-order chi connectivity index (χ1) is 7.38. The number of hydrogen-bond donors (Lipinski definition) is 3. The van der Waals surface area contributed by atoms with Crippen LogP contribution in [0.25, 0.3) is 0 Å². The third-order valence-corrected chi connectivity index (χ3v) is 2.79. The first kappa shape index (κ1) is 11.0. The SMILES string of the molecule is CC(C)(C)C1=NCC2=C(CC(C(=O)O)N2)N1. The molecule has 0 aliphatic carbocycles. The Morgan fingerprint density at radius 2 is 2.12 bits per heavy atom. The zero-order valence-electron chi connectivity index (χ0n) is 9.79. The van der Waals surface area contributed by atoms with Crippen LogP contribution in [0.1, 0.15) is 27.2 Å². The average Bonchev–Trinajstić information content (AvgIpc) is 2.58. The molecule has 1 atom stereocenters. The van der Waals surface area contributed by atoms with Crippen LogP contribution in [-0.2, 0) is 4.79 Å². The molecule has 0 fully saturated rings. The van der Waals surface area contributed by atoms with E-state index in [1.165, 1.54) is 0 Å². The number of rotatable bonds is 1. The van der Waals surface area contributed by atoms with Crippen LogP contribution in [0.2, 0.25) is 0 Å². The molecule has 3 N–H and O–H groups in total. The average molecular weight is 223 g/mol. The van der Waals surface area contributed by atoms with Crippen molar-refractivity contribution in [3.63, 3.8) is 0 Å². The number of aliphatic imine (C=N–C) groups is 1. The van der Waals surface area contributed by atoms with Gasteiger partial charge in [-0.3, -0.25) is 4.99 Å². The Kier molecular flexibility index (Phi) is 2.40. The maximum Gasteiger partial charge on any atom is 0.326 e. The highest BCUT2D eigenvalue weighted by Gasteiger charge is 2.33. The number of hydrogen-bond acceptors (Lipinski definition) is 4. The van der Waals surface area contributed by atoms with Crippen LogP contribution in [0.4, 0.5) is 0 Å². The molecule has 2 aliphatic rings. The van der Waals surface area contributed by atoms with Gasteiger partial charge in [0.05, 0.1) is 12.2 Å². The van der Waals surface area contributed by atoms with Gasteiger partial charge < -0.3 is 15.7 Å². The van der Waals surface area contributed by atoms with E-state index in [0.29, 0.717) is 13.0 Å². The third-order valence-electron chi connectivity index (χ3n) is 2.79. The van der Waals surface area contributed by atoms with Crippen LogP contribution in [0.5, 0.6) is 0 Å². The molecule has 16 heavy (non-hydrogen) atoms. The summed E-state index contributed by atoms with van der Waals surface area (Å²) in [7, 11) is 0. The number of nitrogens with zero attached hydrogens (tertiary/aromatic N) is 1. The maximum absolute atomic E-state index is 10.9. The first-order valence-corrected chi connectivity index (χ1v) is 5.41. The van der Waals surface area contributed by atoms with Gasteiger partial charge in [-0.15, -0.1) is 0 Å². The molecule has 5 nitrogen and oxygen atoms in total. The van der Waals surface area contributed by atoms with Crippen LogP contribution in [0.15, 0.2) is 16.4 Å². The minimum absolute atomic E-state index is 0.0279. The van der Waals surface area contributed by atoms with Gasteiger partial charge in [0.2, 0.25) is 0 Å². The molecule has 2 rings (SSSR count). The Hall–Kier alpha value is -1.52. The van der Waals surface area contributed by atoms with Gasteiger partial charge >= 0.3 is 5.97 Å². The van der Waals surface area contributed by atoms with Crippen LogP contribution < -0.4 is 10.6 Å². The zero-order chi connectivity index (χ0) is 11.9. The second-order valence-corrected chi connectivity index (χ2v) is 5.24. The molecule has 0 aromatic rings. The monoisotopic (exact) mass is 223 g/mol. The summed E-state index contributed by atoms with van der Waals surface area (Å²) in [5.41, 5.74) is 1.87. The molecule has 2 aliphatic heterocycles. The van der Waals surface area contributed by atoms with E-state index >= 15 is 0 Å². The molecule has 1 unspecified atom stereocenters. The van der Waals surface area contributed by atoms with Crippen molar-refractivity contribution in [2.75, 3.05) is 6.54 Å². The van der Waals surface area contributed by atoms with E-state index in [-0.39, 0.29) is 5.41 Å². The number of nitrogens with one attached hydrogen (secondary N) is 2. The van der Waals surface area contributed by atoms with Crippen molar-refractivity contribution < 1.29 is 9.90 Å². The summed E-state index contributed by atoms with van der Waals surface area (Å²) in [5.74, 6) is 0.118. The Morgan fingerprint density at radius 3 is 2.69 bits per heavy atom. The molecule has 88 valence electrons. The summed E-state index contributed by atoms with van der Waals surface area (Å²) in [6, 6.07) is -0.507. The molecule has 0 saturated heterocycles. The topological polar surface area (TPSA) is 73.7 Å². The number of amidine groups is 1. The summed E-state index contributed by atoms with van der Waals surface area (Å²) >= 11 is 0. The molecule has 0 bridgehead atoms. The molecular weight excluding hydrogens is 206 g/mol. The number of aliphatic carboxylic acids is 1. The van der Waals surface area contributed by atoms with Gasteiger partial charge in [0.15, 0.2) is 0 Å². The predicted molar refractivity (Wildman–Crippen MR) is 61.1 cm³/mol. The van der Waals surface area contributed by atoms with E-state index in [0.717, 1.165) is 17.2 Å². The molecule has 0 aromatic heterocycles. The molecule has 2 heterocycles. The van der Waals surface area contributed by atoms with Crippen LogP contribution >= 0.6 is 0 Å². The number of carboxylic acids is 1. The van der Waals surface area contributed by atoms with Gasteiger partial charge in [0.1, 0.15) is 11.9 Å². The number of carbonyl (C=O) groups is 1. The van der Waals surface area contributed by atoms with E-state index in [9.17, 15) is 4.79 Å². The van der Waals surface area contributed by atoms with Crippen molar-refractivity contribution in [1.29, 1.82) is 0 Å². The fraction of sp³-hybridized carbons (Fsp3) is 0.636. The fourth-order valence-corrected chi connectivity index (χ4v) is 1.86. The van der Waals surface area contributed by atoms with Crippen LogP contribution in [-0.4, -0.2) is 29.5 Å². The lowest BCUT2D eigenvalue weighted by atomic mass is 9.94. The normalized spacial score (nSPS) is 24.4. The standard InChI is InChI=1S/C11H17N3O2/c1-11(2,3)10-12-5-8-6(14-10)4-7(13-8)9(15)16/h7,13H,4-5H2,1-3H3,(H,12,14)(H,15,16). The van der Waals surface area contributed by atoms with Gasteiger partial charge in [-0.25, -0.2) is 4.79 Å². The Morgan fingerprint density at radius 1 is 1.44 bits per heavy atom. The van der Waals surface area contributed by atoms with E-state index in [4.69, 9.17) is 5.11 Å². The third kappa shape index (κ3) is 1.89.